The van der Waals surface area contributed by atoms with Crippen LogP contribution in [0.2, 0.25) is 0 Å². The first kappa shape index (κ1) is 16.1. The molecule has 0 saturated carbocycles. The molecule has 124 valence electrons. The molecular formula is C19H18O5. The summed E-state index contributed by atoms with van der Waals surface area (Å²) in [7, 11) is 1.55. The van der Waals surface area contributed by atoms with Gasteiger partial charge in [-0.3, -0.25) is 0 Å². The summed E-state index contributed by atoms with van der Waals surface area (Å²) in [5.74, 6) is -1.97. The number of cyclic esters (lactones) is 2. The molecule has 0 amide bonds. The Morgan fingerprint density at radius 1 is 0.792 bits per heavy atom. The van der Waals surface area contributed by atoms with Crippen molar-refractivity contribution in [3.8, 4) is 5.75 Å². The van der Waals surface area contributed by atoms with Crippen molar-refractivity contribution in [2.24, 2.45) is 0 Å². The maximum atomic E-state index is 12.9. The van der Waals surface area contributed by atoms with Gasteiger partial charge in [-0.05, 0) is 23.3 Å². The summed E-state index contributed by atoms with van der Waals surface area (Å²) in [5.41, 5.74) is -0.677. The largest absolute Gasteiger partial charge is 0.497 e. The van der Waals surface area contributed by atoms with Crippen LogP contribution in [0.25, 0.3) is 0 Å². The predicted octanol–water partition coefficient (Wildman–Crippen LogP) is 2.82. The Hall–Kier alpha value is -2.82. The number of carbonyl (C=O) groups excluding carboxylic acids is 2. The van der Waals surface area contributed by atoms with Crippen LogP contribution in [0.4, 0.5) is 0 Å². The van der Waals surface area contributed by atoms with Crippen molar-refractivity contribution in [2.75, 3.05) is 7.11 Å². The van der Waals surface area contributed by atoms with E-state index in [1.807, 2.05) is 6.07 Å². The number of hydrogen-bond donors (Lipinski definition) is 0. The molecule has 1 aliphatic rings. The fourth-order valence-electron chi connectivity index (χ4n) is 2.87. The Labute approximate surface area is 140 Å². The van der Waals surface area contributed by atoms with E-state index in [1.54, 1.807) is 55.6 Å². The van der Waals surface area contributed by atoms with Crippen LogP contribution in [0.5, 0.6) is 5.75 Å². The van der Waals surface area contributed by atoms with Gasteiger partial charge in [0.1, 0.15) is 5.75 Å². The van der Waals surface area contributed by atoms with Crippen LogP contribution in [-0.2, 0) is 24.5 Å². The summed E-state index contributed by atoms with van der Waals surface area (Å²) in [6, 6.07) is 15.5. The number of benzene rings is 2. The molecule has 24 heavy (non-hydrogen) atoms. The van der Waals surface area contributed by atoms with Crippen LogP contribution in [-0.4, -0.2) is 24.8 Å². The summed E-state index contributed by atoms with van der Waals surface area (Å²) in [5, 5.41) is 0. The zero-order valence-electron chi connectivity index (χ0n) is 13.7. The van der Waals surface area contributed by atoms with Crippen molar-refractivity contribution >= 4 is 11.9 Å². The van der Waals surface area contributed by atoms with Crippen LogP contribution in [0.1, 0.15) is 25.0 Å². The van der Waals surface area contributed by atoms with Gasteiger partial charge in [-0.1, -0.05) is 42.5 Å². The van der Waals surface area contributed by atoms with Gasteiger partial charge in [-0.15, -0.1) is 0 Å². The van der Waals surface area contributed by atoms with E-state index < -0.39 is 23.1 Å². The highest BCUT2D eigenvalue weighted by Gasteiger charge is 2.58. The molecule has 5 nitrogen and oxygen atoms in total. The number of hydrogen-bond acceptors (Lipinski definition) is 5. The normalized spacial score (nSPS) is 18.5. The number of methoxy groups -OCH3 is 1. The quantitative estimate of drug-likeness (QED) is 0.641. The third-order valence-electron chi connectivity index (χ3n) is 4.02. The number of rotatable bonds is 3. The van der Waals surface area contributed by atoms with Gasteiger partial charge in [0.15, 0.2) is 0 Å². The third kappa shape index (κ3) is 2.42. The van der Waals surface area contributed by atoms with E-state index in [0.717, 1.165) is 0 Å². The average molecular weight is 326 g/mol. The lowest BCUT2D eigenvalue weighted by atomic mass is 9.73. The molecule has 1 heterocycles. The van der Waals surface area contributed by atoms with Gasteiger partial charge in [0.05, 0.1) is 7.11 Å². The van der Waals surface area contributed by atoms with Gasteiger partial charge in [-0.25, -0.2) is 9.59 Å². The molecule has 2 aromatic carbocycles. The first-order chi connectivity index (χ1) is 11.4. The van der Waals surface area contributed by atoms with Crippen molar-refractivity contribution in [1.29, 1.82) is 0 Å². The van der Waals surface area contributed by atoms with E-state index in [1.165, 1.54) is 13.8 Å². The van der Waals surface area contributed by atoms with Crippen molar-refractivity contribution < 1.29 is 23.8 Å². The summed E-state index contributed by atoms with van der Waals surface area (Å²) < 4.78 is 16.0. The second kappa shape index (κ2) is 5.67. The van der Waals surface area contributed by atoms with Gasteiger partial charge < -0.3 is 14.2 Å². The van der Waals surface area contributed by atoms with Crippen LogP contribution in [0.15, 0.2) is 54.6 Å². The van der Waals surface area contributed by atoms with Crippen LogP contribution in [0.3, 0.4) is 0 Å². The molecule has 0 aromatic heterocycles. The molecular weight excluding hydrogens is 308 g/mol. The Kier molecular flexibility index (Phi) is 3.79. The van der Waals surface area contributed by atoms with E-state index in [0.29, 0.717) is 16.9 Å². The minimum absolute atomic E-state index is 0.472. The summed E-state index contributed by atoms with van der Waals surface area (Å²) in [6.07, 6.45) is 0. The second-order valence-corrected chi connectivity index (χ2v) is 6.02. The van der Waals surface area contributed by atoms with E-state index in [-0.39, 0.29) is 0 Å². The Morgan fingerprint density at radius 3 is 1.79 bits per heavy atom. The molecule has 0 atom stereocenters. The Morgan fingerprint density at radius 2 is 1.29 bits per heavy atom. The van der Waals surface area contributed by atoms with Gasteiger partial charge in [0.25, 0.3) is 5.79 Å². The van der Waals surface area contributed by atoms with E-state index in [2.05, 4.69) is 0 Å². The van der Waals surface area contributed by atoms with Crippen molar-refractivity contribution in [2.45, 2.75) is 25.0 Å². The Bertz CT molecular complexity index is 742. The molecule has 0 radical (unpaired) electrons. The highest BCUT2D eigenvalue weighted by atomic mass is 16.7. The fourth-order valence-corrected chi connectivity index (χ4v) is 2.87. The molecule has 5 heteroatoms. The summed E-state index contributed by atoms with van der Waals surface area (Å²) in [4.78, 5) is 25.9. The highest BCUT2D eigenvalue weighted by molar-refractivity contribution is 6.11. The van der Waals surface area contributed by atoms with Crippen molar-refractivity contribution in [3.63, 3.8) is 0 Å². The third-order valence-corrected chi connectivity index (χ3v) is 4.02. The maximum Gasteiger partial charge on any atom is 0.335 e. The van der Waals surface area contributed by atoms with Gasteiger partial charge in [0.2, 0.25) is 5.41 Å². The number of esters is 2. The summed E-state index contributed by atoms with van der Waals surface area (Å²) in [6.45, 7) is 3.07. The lowest BCUT2D eigenvalue weighted by Crippen LogP contribution is -2.57. The number of carbonyl (C=O) groups is 2. The molecule has 1 fully saturated rings. The van der Waals surface area contributed by atoms with E-state index in [9.17, 15) is 9.59 Å². The SMILES string of the molecule is COc1ccc(C2(c3ccccc3)C(=O)OC(C)(C)OC2=O)cc1. The molecule has 1 saturated heterocycles. The Balaban J connectivity index is 2.22. The zero-order chi connectivity index (χ0) is 17.4. The topological polar surface area (TPSA) is 61.8 Å². The van der Waals surface area contributed by atoms with Gasteiger partial charge >= 0.3 is 11.9 Å². The van der Waals surface area contributed by atoms with E-state index >= 15 is 0 Å². The zero-order valence-corrected chi connectivity index (χ0v) is 13.7. The maximum absolute atomic E-state index is 12.9. The molecule has 0 aliphatic carbocycles. The predicted molar refractivity (Wildman–Crippen MR) is 86.5 cm³/mol. The first-order valence-corrected chi connectivity index (χ1v) is 7.57. The number of ether oxygens (including phenoxy) is 3. The molecule has 0 spiro atoms. The highest BCUT2D eigenvalue weighted by Crippen LogP contribution is 2.41. The standard InChI is InChI=1S/C19H18O5/c1-18(2)23-16(20)19(17(21)24-18,13-7-5-4-6-8-13)14-9-11-15(22-3)12-10-14/h4-12H,1-3H3. The minimum Gasteiger partial charge on any atom is -0.497 e. The lowest BCUT2D eigenvalue weighted by Gasteiger charge is -2.40. The average Bonchev–Trinajstić information content (AvgIpc) is 2.55. The van der Waals surface area contributed by atoms with Crippen LogP contribution in [0, 0.1) is 0 Å². The van der Waals surface area contributed by atoms with Gasteiger partial charge in [-0.2, -0.15) is 0 Å². The molecule has 0 N–H and O–H groups in total. The van der Waals surface area contributed by atoms with Crippen LogP contribution >= 0.6 is 0 Å². The lowest BCUT2D eigenvalue weighted by molar-refractivity contribution is -0.240. The molecule has 1 aliphatic heterocycles. The van der Waals surface area contributed by atoms with E-state index in [4.69, 9.17) is 14.2 Å². The monoisotopic (exact) mass is 326 g/mol. The van der Waals surface area contributed by atoms with Crippen LogP contribution < -0.4 is 4.74 Å². The molecule has 2 aromatic rings. The molecule has 0 bridgehead atoms. The molecule has 0 unspecified atom stereocenters. The van der Waals surface area contributed by atoms with Crippen molar-refractivity contribution in [1.82, 2.24) is 0 Å². The fraction of sp³-hybridized carbons (Fsp3) is 0.263. The van der Waals surface area contributed by atoms with Gasteiger partial charge in [0, 0.05) is 13.8 Å². The molecule has 3 rings (SSSR count). The van der Waals surface area contributed by atoms with Crippen molar-refractivity contribution in [3.05, 3.63) is 65.7 Å². The smallest absolute Gasteiger partial charge is 0.335 e. The summed E-state index contributed by atoms with van der Waals surface area (Å²) >= 11 is 0. The minimum atomic E-state index is -1.65. The second-order valence-electron chi connectivity index (χ2n) is 6.02. The first-order valence-electron chi connectivity index (χ1n) is 7.57.